The molecular formula is C18H17FN2O. The molecular weight excluding hydrogens is 279 g/mol. The Balaban J connectivity index is 1.66. The lowest BCUT2D eigenvalue weighted by molar-refractivity contribution is 0.264. The fraction of sp³-hybridized carbons (Fsp3) is 0.167. The van der Waals surface area contributed by atoms with Gasteiger partial charge in [0.1, 0.15) is 11.5 Å². The summed E-state index contributed by atoms with van der Waals surface area (Å²) in [7, 11) is 1.93. The maximum atomic E-state index is 13.7. The van der Waals surface area contributed by atoms with E-state index in [4.69, 9.17) is 4.52 Å². The summed E-state index contributed by atoms with van der Waals surface area (Å²) < 4.78 is 19.0. The molecule has 3 nitrogen and oxygen atoms in total. The van der Waals surface area contributed by atoms with Crippen LogP contribution in [0.25, 0.3) is 11.3 Å². The van der Waals surface area contributed by atoms with Crippen molar-refractivity contribution in [2.45, 2.75) is 13.1 Å². The molecule has 22 heavy (non-hydrogen) atoms. The molecule has 0 atom stereocenters. The van der Waals surface area contributed by atoms with Gasteiger partial charge in [-0.25, -0.2) is 4.39 Å². The third kappa shape index (κ3) is 3.40. The molecule has 0 bridgehead atoms. The quantitative estimate of drug-likeness (QED) is 0.709. The third-order valence-corrected chi connectivity index (χ3v) is 3.45. The lowest BCUT2D eigenvalue weighted by Crippen LogP contribution is -2.17. The van der Waals surface area contributed by atoms with Crippen molar-refractivity contribution in [2.75, 3.05) is 7.05 Å². The van der Waals surface area contributed by atoms with Crippen LogP contribution in [-0.4, -0.2) is 17.1 Å². The van der Waals surface area contributed by atoms with Gasteiger partial charge in [-0.1, -0.05) is 53.7 Å². The molecule has 0 fully saturated rings. The van der Waals surface area contributed by atoms with Crippen molar-refractivity contribution < 1.29 is 8.91 Å². The number of benzene rings is 2. The first kappa shape index (κ1) is 14.5. The van der Waals surface area contributed by atoms with E-state index in [0.29, 0.717) is 18.7 Å². The SMILES string of the molecule is CN(Cc1cc(-c2ccccc2)no1)Cc1ccccc1F. The summed E-state index contributed by atoms with van der Waals surface area (Å²) in [5, 5.41) is 4.09. The highest BCUT2D eigenvalue weighted by Crippen LogP contribution is 2.19. The Bertz CT molecular complexity index is 740. The topological polar surface area (TPSA) is 29.3 Å². The first-order chi connectivity index (χ1) is 10.7. The fourth-order valence-corrected chi connectivity index (χ4v) is 2.37. The molecule has 0 saturated heterocycles. The molecule has 0 unspecified atom stereocenters. The number of nitrogens with zero attached hydrogens (tertiary/aromatic N) is 2. The number of rotatable bonds is 5. The molecule has 1 aromatic heterocycles. The molecule has 0 aliphatic heterocycles. The standard InChI is InChI=1S/C18H17FN2O/c1-21(12-15-9-5-6-10-17(15)19)13-16-11-18(20-22-16)14-7-3-2-4-8-14/h2-11H,12-13H2,1H3. The second-order valence-corrected chi connectivity index (χ2v) is 5.31. The Labute approximate surface area is 129 Å². The van der Waals surface area contributed by atoms with Crippen molar-refractivity contribution in [2.24, 2.45) is 0 Å². The minimum atomic E-state index is -0.183. The van der Waals surface area contributed by atoms with Gasteiger partial charge in [-0.05, 0) is 13.1 Å². The highest BCUT2D eigenvalue weighted by molar-refractivity contribution is 5.58. The monoisotopic (exact) mass is 296 g/mol. The maximum absolute atomic E-state index is 13.7. The van der Waals surface area contributed by atoms with Crippen LogP contribution in [0, 0.1) is 5.82 Å². The zero-order valence-electron chi connectivity index (χ0n) is 12.4. The Kier molecular flexibility index (Phi) is 4.30. The second kappa shape index (κ2) is 6.54. The Morgan fingerprint density at radius 3 is 2.50 bits per heavy atom. The number of aromatic nitrogens is 1. The summed E-state index contributed by atoms with van der Waals surface area (Å²) >= 11 is 0. The highest BCUT2D eigenvalue weighted by Gasteiger charge is 2.10. The average molecular weight is 296 g/mol. The van der Waals surface area contributed by atoms with E-state index < -0.39 is 0 Å². The number of hydrogen-bond donors (Lipinski definition) is 0. The molecule has 112 valence electrons. The molecule has 2 aromatic carbocycles. The lowest BCUT2D eigenvalue weighted by Gasteiger charge is -2.15. The van der Waals surface area contributed by atoms with Gasteiger partial charge in [0.15, 0.2) is 5.76 Å². The van der Waals surface area contributed by atoms with Crippen molar-refractivity contribution >= 4 is 0 Å². The van der Waals surface area contributed by atoms with E-state index in [-0.39, 0.29) is 5.82 Å². The predicted molar refractivity (Wildman–Crippen MR) is 83.5 cm³/mol. The van der Waals surface area contributed by atoms with E-state index >= 15 is 0 Å². The molecule has 0 amide bonds. The second-order valence-electron chi connectivity index (χ2n) is 5.31. The molecule has 0 aliphatic rings. The first-order valence-electron chi connectivity index (χ1n) is 7.15. The molecule has 4 heteroatoms. The molecule has 0 spiro atoms. The van der Waals surface area contributed by atoms with Gasteiger partial charge in [0.05, 0.1) is 6.54 Å². The molecule has 3 aromatic rings. The largest absolute Gasteiger partial charge is 0.359 e. The van der Waals surface area contributed by atoms with E-state index in [1.807, 2.05) is 54.4 Å². The van der Waals surface area contributed by atoms with Crippen molar-refractivity contribution in [1.29, 1.82) is 0 Å². The van der Waals surface area contributed by atoms with Gasteiger partial charge in [0.2, 0.25) is 0 Å². The summed E-state index contributed by atoms with van der Waals surface area (Å²) in [6.45, 7) is 1.10. The summed E-state index contributed by atoms with van der Waals surface area (Å²) in [4.78, 5) is 1.99. The highest BCUT2D eigenvalue weighted by atomic mass is 19.1. The molecule has 0 radical (unpaired) electrons. The molecule has 1 heterocycles. The summed E-state index contributed by atoms with van der Waals surface area (Å²) in [5.41, 5.74) is 2.51. The van der Waals surface area contributed by atoms with Crippen LogP contribution in [0.5, 0.6) is 0 Å². The van der Waals surface area contributed by atoms with Crippen LogP contribution >= 0.6 is 0 Å². The minimum absolute atomic E-state index is 0.183. The van der Waals surface area contributed by atoms with Crippen LogP contribution < -0.4 is 0 Å². The summed E-state index contributed by atoms with van der Waals surface area (Å²) in [5.74, 6) is 0.578. The Morgan fingerprint density at radius 2 is 1.73 bits per heavy atom. The predicted octanol–water partition coefficient (Wildman–Crippen LogP) is 4.11. The van der Waals surface area contributed by atoms with Crippen LogP contribution in [0.2, 0.25) is 0 Å². The van der Waals surface area contributed by atoms with Crippen molar-refractivity contribution in [3.8, 4) is 11.3 Å². The van der Waals surface area contributed by atoms with Crippen LogP contribution in [0.4, 0.5) is 4.39 Å². The van der Waals surface area contributed by atoms with Gasteiger partial charge in [-0.3, -0.25) is 4.90 Å². The Morgan fingerprint density at radius 1 is 1.00 bits per heavy atom. The van der Waals surface area contributed by atoms with E-state index in [0.717, 1.165) is 17.0 Å². The van der Waals surface area contributed by atoms with Gasteiger partial charge in [0, 0.05) is 23.7 Å². The fourth-order valence-electron chi connectivity index (χ4n) is 2.37. The van der Waals surface area contributed by atoms with Crippen LogP contribution in [0.1, 0.15) is 11.3 Å². The van der Waals surface area contributed by atoms with Gasteiger partial charge in [0.25, 0.3) is 0 Å². The molecule has 0 aliphatic carbocycles. The minimum Gasteiger partial charge on any atom is -0.359 e. The van der Waals surface area contributed by atoms with E-state index in [1.165, 1.54) is 6.07 Å². The van der Waals surface area contributed by atoms with E-state index in [2.05, 4.69) is 5.16 Å². The normalized spacial score (nSPS) is 11.0. The number of hydrogen-bond acceptors (Lipinski definition) is 3. The van der Waals surface area contributed by atoms with Crippen LogP contribution in [-0.2, 0) is 13.1 Å². The maximum Gasteiger partial charge on any atom is 0.151 e. The average Bonchev–Trinajstić information content (AvgIpc) is 2.99. The van der Waals surface area contributed by atoms with E-state index in [1.54, 1.807) is 12.1 Å². The van der Waals surface area contributed by atoms with Gasteiger partial charge >= 0.3 is 0 Å². The zero-order chi connectivity index (χ0) is 15.4. The Hall–Kier alpha value is -2.46. The number of halogens is 1. The van der Waals surface area contributed by atoms with Gasteiger partial charge in [-0.2, -0.15) is 0 Å². The first-order valence-corrected chi connectivity index (χ1v) is 7.15. The van der Waals surface area contributed by atoms with Gasteiger partial charge in [-0.15, -0.1) is 0 Å². The van der Waals surface area contributed by atoms with Crippen LogP contribution in [0.15, 0.2) is 65.2 Å². The smallest absolute Gasteiger partial charge is 0.151 e. The molecule has 0 N–H and O–H groups in total. The van der Waals surface area contributed by atoms with Crippen LogP contribution in [0.3, 0.4) is 0 Å². The van der Waals surface area contributed by atoms with Gasteiger partial charge < -0.3 is 4.52 Å². The molecule has 3 rings (SSSR count). The lowest BCUT2D eigenvalue weighted by atomic mass is 10.1. The zero-order valence-corrected chi connectivity index (χ0v) is 12.4. The third-order valence-electron chi connectivity index (χ3n) is 3.45. The summed E-state index contributed by atoms with van der Waals surface area (Å²) in [6.07, 6.45) is 0. The van der Waals surface area contributed by atoms with Crippen molar-refractivity contribution in [3.63, 3.8) is 0 Å². The van der Waals surface area contributed by atoms with Crippen molar-refractivity contribution in [3.05, 3.63) is 77.8 Å². The van der Waals surface area contributed by atoms with Crippen molar-refractivity contribution in [1.82, 2.24) is 10.1 Å². The molecule has 0 saturated carbocycles. The van der Waals surface area contributed by atoms with E-state index in [9.17, 15) is 4.39 Å². The summed E-state index contributed by atoms with van der Waals surface area (Å²) in [6, 6.07) is 18.6.